The lowest BCUT2D eigenvalue weighted by atomic mass is 9.96. The van der Waals surface area contributed by atoms with Crippen molar-refractivity contribution < 1.29 is 13.2 Å². The van der Waals surface area contributed by atoms with Gasteiger partial charge in [0.2, 0.25) is 0 Å². The first kappa shape index (κ1) is 16.8. The van der Waals surface area contributed by atoms with Gasteiger partial charge in [-0.05, 0) is 34.0 Å². The summed E-state index contributed by atoms with van der Waals surface area (Å²) in [5.41, 5.74) is 0.729. The monoisotopic (exact) mass is 360 g/mol. The minimum absolute atomic E-state index is 0.199. The van der Waals surface area contributed by atoms with Crippen LogP contribution in [-0.4, -0.2) is 31.1 Å². The fraction of sp³-hybridized carbons (Fsp3) is 0.375. The Morgan fingerprint density at radius 1 is 1.17 bits per heavy atom. The molecule has 2 aromatic rings. The average molecular weight is 361 g/mol. The van der Waals surface area contributed by atoms with Gasteiger partial charge in [-0.25, -0.2) is 0 Å². The maximum Gasteiger partial charge on any atom is 0.417 e. The van der Waals surface area contributed by atoms with Gasteiger partial charge < -0.3 is 5.32 Å². The van der Waals surface area contributed by atoms with E-state index in [0.29, 0.717) is 5.56 Å². The summed E-state index contributed by atoms with van der Waals surface area (Å²) in [6, 6.07) is 5.87. The Bertz CT molecular complexity index is 652. The highest BCUT2D eigenvalue weighted by Gasteiger charge is 2.36. The predicted octanol–water partition coefficient (Wildman–Crippen LogP) is 4.41. The molecule has 1 aromatic carbocycles. The summed E-state index contributed by atoms with van der Waals surface area (Å²) in [6.07, 6.45) is -4.45. The van der Waals surface area contributed by atoms with Crippen LogP contribution in [0.5, 0.6) is 0 Å². The number of alkyl halides is 3. The normalized spacial score (nSPS) is 18.1. The van der Waals surface area contributed by atoms with E-state index in [2.05, 4.69) is 10.2 Å². The van der Waals surface area contributed by atoms with Crippen LogP contribution in [-0.2, 0) is 6.18 Å². The van der Waals surface area contributed by atoms with Gasteiger partial charge in [0.05, 0.1) is 16.6 Å². The molecule has 7 heteroatoms. The summed E-state index contributed by atoms with van der Waals surface area (Å²) in [5.74, 6) is 0. The molecule has 1 fully saturated rings. The third-order valence-corrected chi connectivity index (χ3v) is 5.13. The van der Waals surface area contributed by atoms with Crippen LogP contribution in [0.3, 0.4) is 0 Å². The molecule has 1 saturated heterocycles. The molecule has 2 heterocycles. The standard InChI is InChI=1S/C16H16ClF3N2S/c17-14-12(2-1-3-13(14)16(18,19)20)15(11-4-9-23-10-11)22-7-5-21-6-8-22/h1-4,9-10,15,21H,5-8H2/t15-/m1/s1. The Morgan fingerprint density at radius 3 is 2.52 bits per heavy atom. The molecule has 124 valence electrons. The minimum atomic E-state index is -4.45. The Labute approximate surface area is 141 Å². The van der Waals surface area contributed by atoms with Crippen LogP contribution in [0.25, 0.3) is 0 Å². The molecule has 0 unspecified atom stereocenters. The maximum atomic E-state index is 13.2. The molecule has 1 aromatic heterocycles. The maximum absolute atomic E-state index is 13.2. The molecule has 0 aliphatic carbocycles. The van der Waals surface area contributed by atoms with Gasteiger partial charge in [0.1, 0.15) is 0 Å². The average Bonchev–Trinajstić information content (AvgIpc) is 3.03. The lowest BCUT2D eigenvalue weighted by molar-refractivity contribution is -0.137. The van der Waals surface area contributed by atoms with Crippen LogP contribution in [0.2, 0.25) is 5.02 Å². The van der Waals surface area contributed by atoms with E-state index in [1.165, 1.54) is 17.4 Å². The van der Waals surface area contributed by atoms with E-state index >= 15 is 0 Å². The van der Waals surface area contributed by atoms with Crippen LogP contribution < -0.4 is 5.32 Å². The number of halogens is 4. The summed E-state index contributed by atoms with van der Waals surface area (Å²) in [5, 5.41) is 6.98. The van der Waals surface area contributed by atoms with Crippen LogP contribution in [0, 0.1) is 0 Å². The SMILES string of the molecule is FC(F)(F)c1cccc([C@@H](c2ccsc2)N2CCNCC2)c1Cl. The smallest absolute Gasteiger partial charge is 0.314 e. The summed E-state index contributed by atoms with van der Waals surface area (Å²) in [4.78, 5) is 2.18. The molecular weight excluding hydrogens is 345 g/mol. The largest absolute Gasteiger partial charge is 0.417 e. The zero-order valence-corrected chi connectivity index (χ0v) is 13.8. The van der Waals surface area contributed by atoms with E-state index in [4.69, 9.17) is 11.6 Å². The van der Waals surface area contributed by atoms with E-state index in [1.54, 1.807) is 6.07 Å². The highest BCUT2D eigenvalue weighted by atomic mass is 35.5. The van der Waals surface area contributed by atoms with Crippen molar-refractivity contribution in [2.45, 2.75) is 12.2 Å². The number of nitrogens with one attached hydrogen (secondary N) is 1. The molecule has 0 amide bonds. The second-order valence-electron chi connectivity index (χ2n) is 5.45. The number of piperazine rings is 1. The molecule has 1 aliphatic heterocycles. The van der Waals surface area contributed by atoms with E-state index in [-0.39, 0.29) is 11.1 Å². The number of nitrogens with zero attached hydrogens (tertiary/aromatic N) is 1. The molecule has 0 bridgehead atoms. The van der Waals surface area contributed by atoms with Crippen molar-refractivity contribution in [3.8, 4) is 0 Å². The number of rotatable bonds is 3. The second kappa shape index (κ2) is 6.81. The lowest BCUT2D eigenvalue weighted by Crippen LogP contribution is -2.45. The Hall–Kier alpha value is -1.08. The minimum Gasteiger partial charge on any atom is -0.314 e. The quantitative estimate of drug-likeness (QED) is 0.872. The number of thiophene rings is 1. The molecule has 0 radical (unpaired) electrons. The Kier molecular flexibility index (Phi) is 4.96. The molecule has 3 rings (SSSR count). The molecule has 1 atom stereocenters. The number of hydrogen-bond acceptors (Lipinski definition) is 3. The van der Waals surface area contributed by atoms with Gasteiger partial charge in [-0.3, -0.25) is 4.90 Å². The third kappa shape index (κ3) is 3.55. The first-order valence-corrected chi connectivity index (χ1v) is 8.63. The van der Waals surface area contributed by atoms with Crippen LogP contribution in [0.4, 0.5) is 13.2 Å². The fourth-order valence-corrected chi connectivity index (χ4v) is 3.95. The first-order valence-electron chi connectivity index (χ1n) is 7.31. The zero-order valence-electron chi connectivity index (χ0n) is 12.2. The molecule has 1 aliphatic rings. The summed E-state index contributed by atoms with van der Waals surface area (Å²) < 4.78 is 39.5. The van der Waals surface area contributed by atoms with Gasteiger partial charge in [-0.1, -0.05) is 23.7 Å². The lowest BCUT2D eigenvalue weighted by Gasteiger charge is -2.35. The van der Waals surface area contributed by atoms with Gasteiger partial charge in [0, 0.05) is 26.2 Å². The Balaban J connectivity index is 2.07. The molecule has 0 saturated carbocycles. The van der Waals surface area contributed by atoms with Crippen molar-refractivity contribution in [1.82, 2.24) is 10.2 Å². The molecule has 0 spiro atoms. The van der Waals surface area contributed by atoms with Gasteiger partial charge in [-0.15, -0.1) is 0 Å². The molecule has 1 N–H and O–H groups in total. The summed E-state index contributed by atoms with van der Waals surface area (Å²) >= 11 is 7.70. The van der Waals surface area contributed by atoms with Crippen LogP contribution in [0.15, 0.2) is 35.0 Å². The second-order valence-corrected chi connectivity index (χ2v) is 6.61. The van der Waals surface area contributed by atoms with Crippen LogP contribution in [0.1, 0.15) is 22.7 Å². The van der Waals surface area contributed by atoms with Crippen molar-refractivity contribution in [1.29, 1.82) is 0 Å². The van der Waals surface area contributed by atoms with Crippen molar-refractivity contribution in [2.24, 2.45) is 0 Å². The van der Waals surface area contributed by atoms with Gasteiger partial charge in [0.25, 0.3) is 0 Å². The summed E-state index contributed by atoms with van der Waals surface area (Å²) in [7, 11) is 0. The van der Waals surface area contributed by atoms with Gasteiger partial charge in [0.15, 0.2) is 0 Å². The fourth-order valence-electron chi connectivity index (χ4n) is 2.94. The topological polar surface area (TPSA) is 15.3 Å². The third-order valence-electron chi connectivity index (χ3n) is 4.00. The molecule has 23 heavy (non-hydrogen) atoms. The Morgan fingerprint density at radius 2 is 1.91 bits per heavy atom. The van der Waals surface area contributed by atoms with E-state index in [0.717, 1.165) is 37.8 Å². The van der Waals surface area contributed by atoms with Crippen molar-refractivity contribution in [2.75, 3.05) is 26.2 Å². The first-order chi connectivity index (χ1) is 11.0. The van der Waals surface area contributed by atoms with Crippen LogP contribution >= 0.6 is 22.9 Å². The van der Waals surface area contributed by atoms with Crippen molar-refractivity contribution >= 4 is 22.9 Å². The van der Waals surface area contributed by atoms with Gasteiger partial charge in [-0.2, -0.15) is 24.5 Å². The highest BCUT2D eigenvalue weighted by Crippen LogP contribution is 2.41. The van der Waals surface area contributed by atoms with Gasteiger partial charge >= 0.3 is 6.18 Å². The molecule has 2 nitrogen and oxygen atoms in total. The van der Waals surface area contributed by atoms with E-state index in [1.807, 2.05) is 16.8 Å². The van der Waals surface area contributed by atoms with E-state index < -0.39 is 11.7 Å². The van der Waals surface area contributed by atoms with Crippen molar-refractivity contribution in [3.05, 3.63) is 56.7 Å². The zero-order chi connectivity index (χ0) is 16.4. The van der Waals surface area contributed by atoms with E-state index in [9.17, 15) is 13.2 Å². The summed E-state index contributed by atoms with van der Waals surface area (Å²) in [6.45, 7) is 3.18. The van der Waals surface area contributed by atoms with Crippen molar-refractivity contribution in [3.63, 3.8) is 0 Å². The molecular formula is C16H16ClF3N2S. The number of benzene rings is 1. The number of hydrogen-bond donors (Lipinski definition) is 1. The predicted molar refractivity (Wildman–Crippen MR) is 87.1 cm³/mol. The highest BCUT2D eigenvalue weighted by molar-refractivity contribution is 7.08.